The Balaban J connectivity index is 0.951. The van der Waals surface area contributed by atoms with Gasteiger partial charge in [0.2, 0.25) is 5.95 Å². The number of hydrogen-bond donors (Lipinski definition) is 0. The maximum absolute atomic E-state index is 5.29. The first-order valence-electron chi connectivity index (χ1n) is 23.4. The molecule has 0 aliphatic carbocycles. The Kier molecular flexibility index (Phi) is 8.79. The second-order valence-electron chi connectivity index (χ2n) is 17.6. The van der Waals surface area contributed by atoms with E-state index < -0.39 is 0 Å². The molecule has 0 radical (unpaired) electrons. The van der Waals surface area contributed by atoms with Crippen LogP contribution < -0.4 is 0 Å². The maximum Gasteiger partial charge on any atom is 0.238 e. The average Bonchev–Trinajstić information content (AvgIpc) is 4.07. The topological polar surface area (TPSA) is 53.5 Å². The molecule has 0 aliphatic heterocycles. The van der Waals surface area contributed by atoms with Gasteiger partial charge in [-0.05, 0) is 82.9 Å². The summed E-state index contributed by atoms with van der Waals surface area (Å²) in [5, 5.41) is 7.06. The van der Waals surface area contributed by atoms with E-state index in [4.69, 9.17) is 15.0 Å². The van der Waals surface area contributed by atoms with Crippen LogP contribution in [-0.2, 0) is 0 Å². The zero-order chi connectivity index (χ0) is 45.4. The highest BCUT2D eigenvalue weighted by Gasteiger charge is 2.24. The van der Waals surface area contributed by atoms with Gasteiger partial charge in [-0.15, -0.1) is 0 Å². The second kappa shape index (κ2) is 15.6. The summed E-state index contributed by atoms with van der Waals surface area (Å²) in [5.74, 6) is 1.80. The first kappa shape index (κ1) is 38.8. The van der Waals surface area contributed by atoms with Crippen molar-refractivity contribution >= 4 is 65.4 Å². The average molecular weight is 881 g/mol. The third kappa shape index (κ3) is 6.23. The van der Waals surface area contributed by atoms with E-state index in [1.165, 1.54) is 38.3 Å². The van der Waals surface area contributed by atoms with Crippen molar-refractivity contribution in [2.45, 2.75) is 0 Å². The minimum absolute atomic E-state index is 0.563. The van der Waals surface area contributed by atoms with Crippen molar-refractivity contribution in [3.63, 3.8) is 0 Å². The molecule has 0 amide bonds. The molecule has 0 N–H and O–H groups in total. The highest BCUT2D eigenvalue weighted by Crippen LogP contribution is 2.43. The van der Waals surface area contributed by atoms with E-state index in [-0.39, 0.29) is 0 Å². The Morgan fingerprint density at radius 3 is 1.16 bits per heavy atom. The Bertz CT molecular complexity index is 4210. The fraction of sp³-hybridized carbons (Fsp3) is 0. The Hall–Kier alpha value is -9.39. The van der Waals surface area contributed by atoms with Crippen molar-refractivity contribution in [3.8, 4) is 62.4 Å². The van der Waals surface area contributed by atoms with E-state index in [0.29, 0.717) is 17.6 Å². The molecule has 322 valence electrons. The fourth-order valence-electron chi connectivity index (χ4n) is 10.5. The van der Waals surface area contributed by atoms with Crippen molar-refractivity contribution in [3.05, 3.63) is 243 Å². The van der Waals surface area contributed by atoms with Gasteiger partial charge < -0.3 is 9.13 Å². The first-order chi connectivity index (χ1) is 34.2. The third-order valence-electron chi connectivity index (χ3n) is 13.7. The Morgan fingerprint density at radius 2 is 0.609 bits per heavy atom. The van der Waals surface area contributed by atoms with E-state index in [0.717, 1.165) is 71.9 Å². The summed E-state index contributed by atoms with van der Waals surface area (Å²) in [6, 6.07) is 86.4. The van der Waals surface area contributed by atoms with E-state index in [9.17, 15) is 0 Å². The van der Waals surface area contributed by atoms with E-state index in [1.807, 2.05) is 36.4 Å². The number of fused-ring (bicyclic) bond motifs is 10. The zero-order valence-electron chi connectivity index (χ0n) is 37.3. The quantitative estimate of drug-likeness (QED) is 0.160. The fourth-order valence-corrected chi connectivity index (χ4v) is 10.5. The van der Waals surface area contributed by atoms with Crippen LogP contribution in [0.1, 0.15) is 0 Å². The molecule has 4 aromatic heterocycles. The van der Waals surface area contributed by atoms with Crippen LogP contribution in [0.15, 0.2) is 243 Å². The molecule has 0 unspecified atom stereocenters. The molecule has 0 atom stereocenters. The normalized spacial score (nSPS) is 11.8. The van der Waals surface area contributed by atoms with Crippen molar-refractivity contribution in [1.29, 1.82) is 0 Å². The molecular weight excluding hydrogens is 841 g/mol. The Morgan fingerprint density at radius 1 is 0.232 bits per heavy atom. The third-order valence-corrected chi connectivity index (χ3v) is 13.7. The van der Waals surface area contributed by atoms with Gasteiger partial charge in [0.15, 0.2) is 11.6 Å². The van der Waals surface area contributed by atoms with Crippen LogP contribution in [-0.4, -0.2) is 28.7 Å². The highest BCUT2D eigenvalue weighted by molar-refractivity contribution is 6.24. The number of benzene rings is 10. The summed E-state index contributed by atoms with van der Waals surface area (Å²) in [6.45, 7) is 0. The molecule has 10 aromatic carbocycles. The molecule has 14 aromatic rings. The van der Waals surface area contributed by atoms with Crippen molar-refractivity contribution in [2.75, 3.05) is 0 Å². The van der Waals surface area contributed by atoms with Gasteiger partial charge in [0, 0.05) is 54.8 Å². The lowest BCUT2D eigenvalue weighted by atomic mass is 9.98. The van der Waals surface area contributed by atoms with Gasteiger partial charge in [-0.2, -0.15) is 9.97 Å². The van der Waals surface area contributed by atoms with Crippen LogP contribution in [0.4, 0.5) is 0 Å². The van der Waals surface area contributed by atoms with Gasteiger partial charge in [0.05, 0.1) is 33.1 Å². The lowest BCUT2D eigenvalue weighted by molar-refractivity contribution is 0.953. The predicted octanol–water partition coefficient (Wildman–Crippen LogP) is 15.8. The summed E-state index contributed by atoms with van der Waals surface area (Å²) in [7, 11) is 0. The minimum atomic E-state index is 0.563. The molecule has 4 heterocycles. The van der Waals surface area contributed by atoms with Crippen LogP contribution in [0.2, 0.25) is 0 Å². The largest absolute Gasteiger partial charge is 0.309 e. The summed E-state index contributed by atoms with van der Waals surface area (Å²) >= 11 is 0. The number of aromatic nitrogens is 6. The molecule has 0 bridgehead atoms. The van der Waals surface area contributed by atoms with E-state index in [2.05, 4.69) is 220 Å². The zero-order valence-corrected chi connectivity index (χ0v) is 37.3. The number of rotatable bonds is 7. The smallest absolute Gasteiger partial charge is 0.238 e. The summed E-state index contributed by atoms with van der Waals surface area (Å²) in [4.78, 5) is 15.6. The first-order valence-corrected chi connectivity index (χ1v) is 23.4. The highest BCUT2D eigenvalue weighted by atomic mass is 15.2. The van der Waals surface area contributed by atoms with Crippen molar-refractivity contribution in [2.24, 2.45) is 0 Å². The molecule has 0 saturated heterocycles. The summed E-state index contributed by atoms with van der Waals surface area (Å²) in [6.07, 6.45) is 0. The standard InChI is InChI=1S/C63H40N6/c1-5-17-43(18-6-1)61-64-62(44-19-7-2-8-20-44)66-63(65-61)69-56-28-16-13-25-49(56)51-35-36-52-54-40-46(34-38-58(54)68(59(52)60(51)69)48-23-11-4-12-24-48)42-31-29-41(30-32-42)45-33-37-57-53(39-45)50-26-14-15-27-55(50)67(57)47-21-9-3-10-22-47/h1-40H. The second-order valence-corrected chi connectivity index (χ2v) is 17.6. The molecule has 6 heteroatoms. The van der Waals surface area contributed by atoms with Crippen LogP contribution in [0.5, 0.6) is 0 Å². The maximum atomic E-state index is 5.29. The van der Waals surface area contributed by atoms with Gasteiger partial charge in [0.25, 0.3) is 0 Å². The molecule has 14 rings (SSSR count). The van der Waals surface area contributed by atoms with Crippen molar-refractivity contribution < 1.29 is 0 Å². The number of para-hydroxylation sites is 4. The van der Waals surface area contributed by atoms with Crippen LogP contribution in [0.3, 0.4) is 0 Å². The van der Waals surface area contributed by atoms with Crippen LogP contribution >= 0.6 is 0 Å². The Labute approximate surface area is 397 Å². The van der Waals surface area contributed by atoms with Crippen LogP contribution in [0.25, 0.3) is 128 Å². The lowest BCUT2D eigenvalue weighted by Crippen LogP contribution is -2.07. The van der Waals surface area contributed by atoms with Gasteiger partial charge in [-0.25, -0.2) is 4.98 Å². The molecule has 0 spiro atoms. The molecular formula is C63H40N6. The van der Waals surface area contributed by atoms with Crippen LogP contribution in [0, 0.1) is 0 Å². The molecule has 0 saturated carbocycles. The molecule has 69 heavy (non-hydrogen) atoms. The molecule has 0 fully saturated rings. The van der Waals surface area contributed by atoms with E-state index >= 15 is 0 Å². The minimum Gasteiger partial charge on any atom is -0.309 e. The van der Waals surface area contributed by atoms with Gasteiger partial charge in [-0.1, -0.05) is 182 Å². The SMILES string of the molecule is c1ccc(-c2nc(-c3ccccc3)nc(-n3c4ccccc4c4ccc5c6cc(-c7ccc(-c8ccc9c(c8)c8ccccc8n9-c8ccccc8)cc7)ccc6n(-c6ccccc6)c5c43)n2)cc1. The van der Waals surface area contributed by atoms with E-state index in [1.54, 1.807) is 0 Å². The lowest BCUT2D eigenvalue weighted by Gasteiger charge is -2.13. The number of nitrogens with zero attached hydrogens (tertiary/aromatic N) is 6. The van der Waals surface area contributed by atoms with Crippen molar-refractivity contribution in [1.82, 2.24) is 28.7 Å². The van der Waals surface area contributed by atoms with Gasteiger partial charge in [-0.3, -0.25) is 4.57 Å². The summed E-state index contributed by atoms with van der Waals surface area (Å²) in [5.41, 5.74) is 15.4. The summed E-state index contributed by atoms with van der Waals surface area (Å²) < 4.78 is 7.03. The van der Waals surface area contributed by atoms with Gasteiger partial charge >= 0.3 is 0 Å². The predicted molar refractivity (Wildman–Crippen MR) is 285 cm³/mol. The molecule has 0 aliphatic rings. The monoisotopic (exact) mass is 880 g/mol. The number of hydrogen-bond acceptors (Lipinski definition) is 3. The molecule has 6 nitrogen and oxygen atoms in total. The van der Waals surface area contributed by atoms with Gasteiger partial charge in [0.1, 0.15) is 0 Å².